The Morgan fingerprint density at radius 3 is 2.32 bits per heavy atom. The number of nitriles is 1. The molecule has 2 aliphatic carbocycles. The maximum Gasteiger partial charge on any atom is 0.254 e. The number of carbonyl (C=O) groups excluding carboxylic acids is 1. The molecule has 1 aliphatic heterocycles. The van der Waals surface area contributed by atoms with Crippen LogP contribution < -0.4 is 9.47 Å². The van der Waals surface area contributed by atoms with E-state index in [4.69, 9.17) is 19.0 Å². The molecule has 10 nitrogen and oxygen atoms in total. The molecule has 59 heavy (non-hydrogen) atoms. The van der Waals surface area contributed by atoms with Crippen molar-refractivity contribution in [1.29, 1.82) is 5.26 Å². The number of oxime groups is 1. The second-order valence-electron chi connectivity index (χ2n) is 15.6. The normalized spacial score (nSPS) is 23.5. The molecule has 2 N–H and O–H groups in total. The number of fused-ring (bicyclic) bond motifs is 2. The standard InChI is InChI=1S/C49H53N3O7/c1-4-28-57-49-45(52(2)48(55)36-18-16-33(32-50)17-19-36)31-43(51-56-3)41-29-37(14-8-10-26-53)40(15-9-11-27-54)46(47(41)49)42-30-39(24-25-44(42)59-49)58-38-22-20-35(21-23-38)34-12-6-5-7-13-34/h4-7,12-13,16-25,29-30,37,40,45-47,53-54H,1,8-11,14-15,26-28,31H2,2-3H3/t37-,40+,45-,46+,47+,49+/m0/s1. The van der Waals surface area contributed by atoms with Crippen molar-refractivity contribution < 1.29 is 34.1 Å². The number of nitrogens with zero attached hydrogens (tertiary/aromatic N) is 3. The van der Waals surface area contributed by atoms with Gasteiger partial charge in [0.05, 0.1) is 29.9 Å². The van der Waals surface area contributed by atoms with Gasteiger partial charge in [0.15, 0.2) is 0 Å². The number of unbranched alkanes of at least 4 members (excludes halogenated alkanes) is 2. The van der Waals surface area contributed by atoms with E-state index >= 15 is 0 Å². The average molecular weight is 796 g/mol. The molecule has 7 rings (SSSR count). The maximum absolute atomic E-state index is 14.4. The molecule has 0 spiro atoms. The fourth-order valence-electron chi connectivity index (χ4n) is 9.42. The quantitative estimate of drug-likeness (QED) is 0.0615. The molecule has 1 heterocycles. The molecular formula is C49H53N3O7. The second-order valence-corrected chi connectivity index (χ2v) is 15.6. The third kappa shape index (κ3) is 8.55. The summed E-state index contributed by atoms with van der Waals surface area (Å²) in [5.41, 5.74) is 5.74. The van der Waals surface area contributed by atoms with Crippen LogP contribution in [0.3, 0.4) is 0 Å². The third-order valence-corrected chi connectivity index (χ3v) is 12.1. The number of aliphatic hydroxyl groups is 2. The van der Waals surface area contributed by atoms with E-state index in [1.807, 2.05) is 42.5 Å². The number of likely N-dealkylation sites (N-methyl/N-ethyl adjacent to an activating group) is 1. The first-order valence-electron chi connectivity index (χ1n) is 20.6. The van der Waals surface area contributed by atoms with Crippen LogP contribution in [0, 0.1) is 29.1 Å². The highest BCUT2D eigenvalue weighted by atomic mass is 16.7. The van der Waals surface area contributed by atoms with Crippen molar-refractivity contribution in [2.24, 2.45) is 22.9 Å². The van der Waals surface area contributed by atoms with Gasteiger partial charge in [-0.25, -0.2) is 0 Å². The number of hydrogen-bond donors (Lipinski definition) is 2. The van der Waals surface area contributed by atoms with Gasteiger partial charge in [0.2, 0.25) is 5.79 Å². The minimum Gasteiger partial charge on any atom is -0.459 e. The summed E-state index contributed by atoms with van der Waals surface area (Å²) in [5, 5.41) is 33.8. The van der Waals surface area contributed by atoms with Crippen molar-refractivity contribution in [3.63, 3.8) is 0 Å². The Labute approximate surface area is 347 Å². The van der Waals surface area contributed by atoms with Gasteiger partial charge < -0.3 is 34.2 Å². The van der Waals surface area contributed by atoms with Gasteiger partial charge in [0, 0.05) is 43.7 Å². The van der Waals surface area contributed by atoms with E-state index in [-0.39, 0.29) is 49.9 Å². The summed E-state index contributed by atoms with van der Waals surface area (Å²) in [4.78, 5) is 21.6. The molecule has 0 radical (unpaired) electrons. The largest absolute Gasteiger partial charge is 0.459 e. The minimum atomic E-state index is -1.37. The fourth-order valence-corrected chi connectivity index (χ4v) is 9.42. The molecule has 10 heteroatoms. The molecule has 3 aliphatic rings. The second kappa shape index (κ2) is 18.9. The fraction of sp³-hybridized carbons (Fsp3) is 0.367. The van der Waals surface area contributed by atoms with Gasteiger partial charge in [-0.2, -0.15) is 5.26 Å². The van der Waals surface area contributed by atoms with Gasteiger partial charge >= 0.3 is 0 Å². The lowest BCUT2D eigenvalue weighted by atomic mass is 9.55. The van der Waals surface area contributed by atoms with Crippen LogP contribution in [0.25, 0.3) is 11.1 Å². The van der Waals surface area contributed by atoms with E-state index in [0.29, 0.717) is 46.9 Å². The van der Waals surface area contributed by atoms with E-state index in [0.717, 1.165) is 47.9 Å². The van der Waals surface area contributed by atoms with E-state index in [2.05, 4.69) is 54.2 Å². The molecule has 6 atom stereocenters. The summed E-state index contributed by atoms with van der Waals surface area (Å²) >= 11 is 0. The van der Waals surface area contributed by atoms with Crippen molar-refractivity contribution in [2.75, 3.05) is 34.0 Å². The average Bonchev–Trinajstić information content (AvgIpc) is 3.27. The van der Waals surface area contributed by atoms with Crippen molar-refractivity contribution >= 4 is 11.6 Å². The number of aliphatic hydroxyl groups excluding tert-OH is 2. The van der Waals surface area contributed by atoms with Crippen LogP contribution in [0.2, 0.25) is 0 Å². The van der Waals surface area contributed by atoms with Gasteiger partial charge in [0.1, 0.15) is 30.4 Å². The van der Waals surface area contributed by atoms with Gasteiger partial charge in [-0.1, -0.05) is 72.6 Å². The number of benzene rings is 4. The predicted molar refractivity (Wildman–Crippen MR) is 227 cm³/mol. The third-order valence-electron chi connectivity index (χ3n) is 12.1. The van der Waals surface area contributed by atoms with Crippen LogP contribution in [0.1, 0.15) is 72.3 Å². The molecule has 1 fully saturated rings. The summed E-state index contributed by atoms with van der Waals surface area (Å²) < 4.78 is 20.8. The number of allylic oxidation sites excluding steroid dienone is 1. The Kier molecular flexibility index (Phi) is 13.3. The maximum atomic E-state index is 14.4. The first kappa shape index (κ1) is 41.4. The van der Waals surface area contributed by atoms with Crippen LogP contribution in [0.5, 0.6) is 17.2 Å². The minimum absolute atomic E-state index is 0.0748. The first-order chi connectivity index (χ1) is 28.8. The molecule has 0 bridgehead atoms. The molecule has 4 aromatic rings. The topological polar surface area (TPSA) is 134 Å². The van der Waals surface area contributed by atoms with Gasteiger partial charge in [-0.3, -0.25) is 4.79 Å². The zero-order chi connectivity index (χ0) is 41.4. The zero-order valence-electron chi connectivity index (χ0n) is 33.8. The lowest BCUT2D eigenvalue weighted by molar-refractivity contribution is -0.252. The number of carbonyl (C=O) groups is 1. The molecule has 0 saturated heterocycles. The van der Waals surface area contributed by atoms with Crippen LogP contribution in [0.15, 0.2) is 127 Å². The highest BCUT2D eigenvalue weighted by Gasteiger charge is 2.65. The van der Waals surface area contributed by atoms with Crippen LogP contribution in [-0.4, -0.2) is 72.5 Å². The molecule has 1 saturated carbocycles. The molecule has 1 amide bonds. The Bertz CT molecular complexity index is 2180. The Morgan fingerprint density at radius 2 is 1.64 bits per heavy atom. The van der Waals surface area contributed by atoms with Crippen molar-refractivity contribution in [2.45, 2.75) is 62.7 Å². The SMILES string of the molecule is C=CCO[C@@]12Oc3ccc(Oc4ccc(-c5ccccc5)cc4)cc3[C@H]3[C@H](CCCCO)[C@@H](CCCCO)C=C(C(=NOC)C[C@@H]1N(C)C(=O)c1ccc(C#N)cc1)[C@H]32. The Morgan fingerprint density at radius 1 is 0.949 bits per heavy atom. The number of hydrogen-bond acceptors (Lipinski definition) is 9. The summed E-state index contributed by atoms with van der Waals surface area (Å²) in [5.74, 6) is -0.0735. The molecule has 306 valence electrons. The van der Waals surface area contributed by atoms with Crippen LogP contribution >= 0.6 is 0 Å². The number of ether oxygens (including phenoxy) is 3. The zero-order valence-corrected chi connectivity index (χ0v) is 33.8. The highest BCUT2D eigenvalue weighted by Crippen LogP contribution is 2.62. The van der Waals surface area contributed by atoms with E-state index < -0.39 is 17.7 Å². The summed E-state index contributed by atoms with van der Waals surface area (Å²) in [7, 11) is 3.29. The lowest BCUT2D eigenvalue weighted by Crippen LogP contribution is -2.69. The molecule has 0 unspecified atom stereocenters. The van der Waals surface area contributed by atoms with Crippen LogP contribution in [-0.2, 0) is 9.57 Å². The first-order valence-corrected chi connectivity index (χ1v) is 20.6. The molecular weight excluding hydrogens is 743 g/mol. The number of amides is 1. The van der Waals surface area contributed by atoms with Gasteiger partial charge in [0.25, 0.3) is 5.91 Å². The summed E-state index contributed by atoms with van der Waals surface area (Å²) in [6.45, 7) is 4.37. The monoisotopic (exact) mass is 795 g/mol. The predicted octanol–water partition coefficient (Wildman–Crippen LogP) is 9.05. The summed E-state index contributed by atoms with van der Waals surface area (Å²) in [6, 6.07) is 32.3. The van der Waals surface area contributed by atoms with E-state index in [1.54, 1.807) is 42.3 Å². The van der Waals surface area contributed by atoms with Crippen LogP contribution in [0.4, 0.5) is 0 Å². The smallest absolute Gasteiger partial charge is 0.254 e. The Balaban J connectivity index is 1.37. The Hall–Kier alpha value is -5.73. The molecule has 4 aromatic carbocycles. The van der Waals surface area contributed by atoms with E-state index in [1.165, 1.54) is 7.11 Å². The van der Waals surface area contributed by atoms with Crippen molar-refractivity contribution in [3.8, 4) is 34.4 Å². The lowest BCUT2D eigenvalue weighted by Gasteiger charge is -2.59. The van der Waals surface area contributed by atoms with Crippen molar-refractivity contribution in [1.82, 2.24) is 4.90 Å². The van der Waals surface area contributed by atoms with E-state index in [9.17, 15) is 20.3 Å². The van der Waals surface area contributed by atoms with Gasteiger partial charge in [-0.15, -0.1) is 6.58 Å². The van der Waals surface area contributed by atoms with Crippen molar-refractivity contribution in [3.05, 3.63) is 138 Å². The molecule has 0 aromatic heterocycles. The summed E-state index contributed by atoms with van der Waals surface area (Å²) in [6.07, 6.45) is 8.96. The number of rotatable bonds is 17. The van der Waals surface area contributed by atoms with Gasteiger partial charge in [-0.05, 0) is 109 Å². The highest BCUT2D eigenvalue weighted by molar-refractivity contribution is 6.03.